The number of urea groups is 1. The van der Waals surface area contributed by atoms with E-state index in [0.29, 0.717) is 11.3 Å². The average molecular weight is 272 g/mol. The van der Waals surface area contributed by atoms with Crippen LogP contribution in [0.15, 0.2) is 24.3 Å². The van der Waals surface area contributed by atoms with Crippen molar-refractivity contribution in [2.24, 2.45) is 0 Å². The summed E-state index contributed by atoms with van der Waals surface area (Å²) in [5, 5.41) is 15.9. The van der Waals surface area contributed by atoms with Gasteiger partial charge in [-0.1, -0.05) is 6.07 Å². The molecule has 7 heteroatoms. The van der Waals surface area contributed by atoms with Crippen molar-refractivity contribution in [3.63, 3.8) is 0 Å². The first-order valence-corrected chi connectivity index (χ1v) is 6.00. The van der Waals surface area contributed by atoms with Gasteiger partial charge in [-0.05, 0) is 24.6 Å². The van der Waals surface area contributed by atoms with E-state index in [4.69, 9.17) is 5.26 Å². The summed E-state index contributed by atoms with van der Waals surface area (Å²) in [6.45, 7) is 0. The Kier molecular flexibility index (Phi) is 3.96. The van der Waals surface area contributed by atoms with Crippen LogP contribution in [-0.4, -0.2) is 23.9 Å². The molecule has 1 fully saturated rings. The van der Waals surface area contributed by atoms with E-state index in [1.54, 1.807) is 18.2 Å². The van der Waals surface area contributed by atoms with E-state index in [1.165, 1.54) is 6.07 Å². The summed E-state index contributed by atoms with van der Waals surface area (Å²) in [4.78, 5) is 34.2. The van der Waals surface area contributed by atoms with Crippen LogP contribution in [0.2, 0.25) is 0 Å². The minimum absolute atomic E-state index is 0.195. The molecule has 1 heterocycles. The fraction of sp³-hybridized carbons (Fsp3) is 0.231. The molecular formula is C13H12N4O3. The van der Waals surface area contributed by atoms with Crippen molar-refractivity contribution in [1.29, 1.82) is 5.26 Å². The number of hydrogen-bond donors (Lipinski definition) is 3. The Morgan fingerprint density at radius 2 is 2.20 bits per heavy atom. The number of carbonyl (C=O) groups is 3. The molecule has 20 heavy (non-hydrogen) atoms. The molecule has 1 aliphatic rings. The summed E-state index contributed by atoms with van der Waals surface area (Å²) in [7, 11) is 0. The molecule has 0 aliphatic carbocycles. The van der Waals surface area contributed by atoms with E-state index in [1.807, 2.05) is 6.07 Å². The van der Waals surface area contributed by atoms with Crippen LogP contribution in [0.3, 0.4) is 0 Å². The molecule has 1 saturated heterocycles. The van der Waals surface area contributed by atoms with Crippen LogP contribution in [0.5, 0.6) is 0 Å². The number of piperidine rings is 1. The van der Waals surface area contributed by atoms with Crippen molar-refractivity contribution >= 4 is 23.5 Å². The molecule has 1 aromatic carbocycles. The van der Waals surface area contributed by atoms with Crippen LogP contribution in [0.25, 0.3) is 0 Å². The van der Waals surface area contributed by atoms with E-state index < -0.39 is 18.0 Å². The van der Waals surface area contributed by atoms with Gasteiger partial charge in [0.15, 0.2) is 0 Å². The number of imide groups is 1. The third-order valence-corrected chi connectivity index (χ3v) is 2.79. The molecule has 1 aliphatic heterocycles. The van der Waals surface area contributed by atoms with Gasteiger partial charge in [0.2, 0.25) is 11.8 Å². The summed E-state index contributed by atoms with van der Waals surface area (Å²) in [5.74, 6) is -0.850. The number of nitrogens with zero attached hydrogens (tertiary/aromatic N) is 1. The van der Waals surface area contributed by atoms with Gasteiger partial charge in [-0.15, -0.1) is 0 Å². The van der Waals surface area contributed by atoms with Crippen LogP contribution < -0.4 is 16.0 Å². The topological polar surface area (TPSA) is 111 Å². The van der Waals surface area contributed by atoms with E-state index in [9.17, 15) is 14.4 Å². The maximum atomic E-state index is 11.7. The molecule has 1 unspecified atom stereocenters. The highest BCUT2D eigenvalue weighted by Crippen LogP contribution is 2.10. The van der Waals surface area contributed by atoms with Crippen molar-refractivity contribution in [1.82, 2.24) is 10.6 Å². The van der Waals surface area contributed by atoms with Gasteiger partial charge in [0.25, 0.3) is 0 Å². The predicted octanol–water partition coefficient (Wildman–Crippen LogP) is 0.485. The monoisotopic (exact) mass is 272 g/mol. The summed E-state index contributed by atoms with van der Waals surface area (Å²) < 4.78 is 0. The lowest BCUT2D eigenvalue weighted by Gasteiger charge is -2.21. The Hall–Kier alpha value is -2.88. The van der Waals surface area contributed by atoms with Gasteiger partial charge in [-0.2, -0.15) is 5.26 Å². The largest absolute Gasteiger partial charge is 0.326 e. The molecule has 2 rings (SSSR count). The first-order valence-electron chi connectivity index (χ1n) is 6.00. The van der Waals surface area contributed by atoms with Crippen molar-refractivity contribution in [3.8, 4) is 6.07 Å². The second-order valence-electron chi connectivity index (χ2n) is 4.29. The quantitative estimate of drug-likeness (QED) is 0.680. The highest BCUT2D eigenvalue weighted by molar-refractivity contribution is 6.02. The van der Waals surface area contributed by atoms with Crippen LogP contribution >= 0.6 is 0 Å². The first kappa shape index (κ1) is 13.5. The maximum Gasteiger partial charge on any atom is 0.319 e. The zero-order chi connectivity index (χ0) is 14.5. The maximum absolute atomic E-state index is 11.7. The van der Waals surface area contributed by atoms with Gasteiger partial charge in [0.1, 0.15) is 6.04 Å². The molecule has 4 amide bonds. The average Bonchev–Trinajstić information content (AvgIpc) is 2.42. The lowest BCUT2D eigenvalue weighted by Crippen LogP contribution is -2.53. The Morgan fingerprint density at radius 3 is 2.90 bits per heavy atom. The molecule has 1 atom stereocenters. The Bertz CT molecular complexity index is 606. The fourth-order valence-electron chi connectivity index (χ4n) is 1.82. The van der Waals surface area contributed by atoms with Gasteiger partial charge in [-0.25, -0.2) is 4.79 Å². The minimum atomic E-state index is -0.730. The predicted molar refractivity (Wildman–Crippen MR) is 69.5 cm³/mol. The number of rotatable bonds is 2. The van der Waals surface area contributed by atoms with Crippen LogP contribution in [-0.2, 0) is 9.59 Å². The number of amides is 4. The van der Waals surface area contributed by atoms with Crippen molar-refractivity contribution in [2.75, 3.05) is 5.32 Å². The molecule has 3 N–H and O–H groups in total. The van der Waals surface area contributed by atoms with Gasteiger partial charge in [-0.3, -0.25) is 14.9 Å². The van der Waals surface area contributed by atoms with Crippen LogP contribution in [0.4, 0.5) is 10.5 Å². The lowest BCUT2D eigenvalue weighted by molar-refractivity contribution is -0.134. The third kappa shape index (κ3) is 3.32. The Morgan fingerprint density at radius 1 is 1.40 bits per heavy atom. The van der Waals surface area contributed by atoms with Gasteiger partial charge in [0, 0.05) is 12.1 Å². The number of benzene rings is 1. The van der Waals surface area contributed by atoms with Crippen molar-refractivity contribution < 1.29 is 14.4 Å². The Labute approximate surface area is 115 Å². The second-order valence-corrected chi connectivity index (χ2v) is 4.29. The minimum Gasteiger partial charge on any atom is -0.326 e. The molecule has 1 aromatic rings. The SMILES string of the molecule is N#Cc1cccc(NC(=O)NC2CCC(=O)NC2=O)c1. The number of hydrogen-bond acceptors (Lipinski definition) is 4. The normalized spacial score (nSPS) is 17.9. The van der Waals surface area contributed by atoms with Crippen molar-refractivity contribution in [3.05, 3.63) is 29.8 Å². The van der Waals surface area contributed by atoms with E-state index in [0.717, 1.165) is 0 Å². The second kappa shape index (κ2) is 5.84. The van der Waals surface area contributed by atoms with Gasteiger partial charge >= 0.3 is 6.03 Å². The van der Waals surface area contributed by atoms with Gasteiger partial charge < -0.3 is 10.6 Å². The number of carbonyl (C=O) groups excluding carboxylic acids is 3. The number of nitriles is 1. The first-order chi connectivity index (χ1) is 9.58. The summed E-state index contributed by atoms with van der Waals surface area (Å²) in [6, 6.07) is 7.07. The third-order valence-electron chi connectivity index (χ3n) is 2.79. The van der Waals surface area contributed by atoms with E-state index in [2.05, 4.69) is 16.0 Å². The van der Waals surface area contributed by atoms with Gasteiger partial charge in [0.05, 0.1) is 11.6 Å². The molecule has 102 valence electrons. The molecule has 0 spiro atoms. The molecule has 0 saturated carbocycles. The highest BCUT2D eigenvalue weighted by atomic mass is 16.2. The molecular weight excluding hydrogens is 260 g/mol. The van der Waals surface area contributed by atoms with E-state index >= 15 is 0 Å². The Balaban J connectivity index is 1.94. The standard InChI is InChI=1S/C13H12N4O3/c14-7-8-2-1-3-9(6-8)15-13(20)16-10-4-5-11(18)17-12(10)19/h1-3,6,10H,4-5H2,(H2,15,16,20)(H,17,18,19). The van der Waals surface area contributed by atoms with Crippen LogP contribution in [0, 0.1) is 11.3 Å². The molecule has 0 radical (unpaired) electrons. The van der Waals surface area contributed by atoms with E-state index in [-0.39, 0.29) is 18.7 Å². The molecule has 7 nitrogen and oxygen atoms in total. The summed E-state index contributed by atoms with van der Waals surface area (Å²) >= 11 is 0. The zero-order valence-electron chi connectivity index (χ0n) is 10.5. The number of nitrogens with one attached hydrogen (secondary N) is 3. The fourth-order valence-corrected chi connectivity index (χ4v) is 1.82. The van der Waals surface area contributed by atoms with Crippen LogP contribution in [0.1, 0.15) is 18.4 Å². The molecule has 0 aromatic heterocycles. The molecule has 0 bridgehead atoms. The van der Waals surface area contributed by atoms with Crippen molar-refractivity contribution in [2.45, 2.75) is 18.9 Å². The smallest absolute Gasteiger partial charge is 0.319 e. The summed E-state index contributed by atoms with van der Waals surface area (Å²) in [5.41, 5.74) is 0.873. The number of anilines is 1. The highest BCUT2D eigenvalue weighted by Gasteiger charge is 2.27. The lowest BCUT2D eigenvalue weighted by atomic mass is 10.1. The zero-order valence-corrected chi connectivity index (χ0v) is 10.5. The summed E-state index contributed by atoms with van der Waals surface area (Å²) in [6.07, 6.45) is 0.469.